The first-order valence-electron chi connectivity index (χ1n) is 4.24. The fourth-order valence-corrected chi connectivity index (χ4v) is 1.35. The van der Waals surface area contributed by atoms with E-state index in [0.717, 1.165) is 17.0 Å². The van der Waals surface area contributed by atoms with Crippen molar-refractivity contribution >= 4 is 11.6 Å². The van der Waals surface area contributed by atoms with E-state index in [0.29, 0.717) is 6.61 Å². The molecule has 0 radical (unpaired) electrons. The second-order valence-electron chi connectivity index (χ2n) is 2.94. The van der Waals surface area contributed by atoms with Crippen molar-refractivity contribution in [3.8, 4) is 0 Å². The number of ether oxygens (including phenoxy) is 1. The highest BCUT2D eigenvalue weighted by molar-refractivity contribution is 6.30. The summed E-state index contributed by atoms with van der Waals surface area (Å²) >= 11 is 5.84. The normalized spacial score (nSPS) is 12.8. The molecule has 0 bridgehead atoms. The number of nitrogens with two attached hydrogens (primary N) is 1. The molecule has 1 atom stereocenters. The van der Waals surface area contributed by atoms with Gasteiger partial charge in [-0.05, 0) is 24.1 Å². The zero-order valence-corrected chi connectivity index (χ0v) is 8.42. The van der Waals surface area contributed by atoms with Crippen LogP contribution in [0.15, 0.2) is 24.3 Å². The number of methoxy groups -OCH3 is 1. The first kappa shape index (κ1) is 10.5. The lowest BCUT2D eigenvalue weighted by Gasteiger charge is -2.11. The van der Waals surface area contributed by atoms with E-state index in [2.05, 4.69) is 0 Å². The summed E-state index contributed by atoms with van der Waals surface area (Å²) in [4.78, 5) is 0. The Bertz CT molecular complexity index is 265. The lowest BCUT2D eigenvalue weighted by molar-refractivity contribution is 0.188. The zero-order chi connectivity index (χ0) is 9.68. The van der Waals surface area contributed by atoms with E-state index >= 15 is 0 Å². The number of rotatable bonds is 4. The SMILES string of the molecule is COCCC(N)c1cccc(Cl)c1. The molecule has 1 aromatic carbocycles. The van der Waals surface area contributed by atoms with Crippen LogP contribution in [-0.2, 0) is 4.74 Å². The van der Waals surface area contributed by atoms with Crippen LogP contribution in [0.25, 0.3) is 0 Å². The summed E-state index contributed by atoms with van der Waals surface area (Å²) in [5.74, 6) is 0. The maximum atomic E-state index is 5.91. The minimum atomic E-state index is 0.0126. The van der Waals surface area contributed by atoms with Crippen LogP contribution in [-0.4, -0.2) is 13.7 Å². The molecule has 0 spiro atoms. The molecule has 2 nitrogen and oxygen atoms in total. The van der Waals surface area contributed by atoms with Gasteiger partial charge in [0.25, 0.3) is 0 Å². The Balaban J connectivity index is 2.60. The largest absolute Gasteiger partial charge is 0.385 e. The van der Waals surface area contributed by atoms with Gasteiger partial charge in [-0.15, -0.1) is 0 Å². The molecule has 1 unspecified atom stereocenters. The van der Waals surface area contributed by atoms with Crippen LogP contribution in [0.4, 0.5) is 0 Å². The quantitative estimate of drug-likeness (QED) is 0.808. The van der Waals surface area contributed by atoms with Crippen molar-refractivity contribution in [3.05, 3.63) is 34.9 Å². The summed E-state index contributed by atoms with van der Waals surface area (Å²) in [5.41, 5.74) is 6.97. The highest BCUT2D eigenvalue weighted by Crippen LogP contribution is 2.18. The average molecular weight is 200 g/mol. The number of benzene rings is 1. The van der Waals surface area contributed by atoms with Crippen molar-refractivity contribution in [1.29, 1.82) is 0 Å². The average Bonchev–Trinajstić information content (AvgIpc) is 2.14. The van der Waals surface area contributed by atoms with Crippen molar-refractivity contribution in [2.24, 2.45) is 5.73 Å². The number of hydrogen-bond acceptors (Lipinski definition) is 2. The Labute approximate surface area is 83.6 Å². The maximum absolute atomic E-state index is 5.91. The minimum absolute atomic E-state index is 0.0126. The summed E-state index contributed by atoms with van der Waals surface area (Å²) in [6, 6.07) is 7.63. The fraction of sp³-hybridized carbons (Fsp3) is 0.400. The van der Waals surface area contributed by atoms with E-state index in [1.807, 2.05) is 24.3 Å². The second kappa shape index (κ2) is 5.22. The van der Waals surface area contributed by atoms with Gasteiger partial charge in [-0.3, -0.25) is 0 Å². The van der Waals surface area contributed by atoms with Gasteiger partial charge in [0.05, 0.1) is 0 Å². The predicted molar refractivity (Wildman–Crippen MR) is 54.9 cm³/mol. The van der Waals surface area contributed by atoms with Crippen LogP contribution in [0.3, 0.4) is 0 Å². The molecule has 0 saturated carbocycles. The highest BCUT2D eigenvalue weighted by Gasteiger charge is 2.05. The molecule has 0 heterocycles. The van der Waals surface area contributed by atoms with E-state index in [9.17, 15) is 0 Å². The van der Waals surface area contributed by atoms with Crippen LogP contribution in [0.5, 0.6) is 0 Å². The van der Waals surface area contributed by atoms with Crippen molar-refractivity contribution in [3.63, 3.8) is 0 Å². The van der Waals surface area contributed by atoms with Crippen molar-refractivity contribution in [2.45, 2.75) is 12.5 Å². The molecule has 2 N–H and O–H groups in total. The third-order valence-corrected chi connectivity index (χ3v) is 2.14. The molecular weight excluding hydrogens is 186 g/mol. The Kier molecular flexibility index (Phi) is 4.22. The van der Waals surface area contributed by atoms with Crippen molar-refractivity contribution in [1.82, 2.24) is 0 Å². The second-order valence-corrected chi connectivity index (χ2v) is 3.38. The van der Waals surface area contributed by atoms with E-state index in [1.165, 1.54) is 0 Å². The summed E-state index contributed by atoms with van der Waals surface area (Å²) in [6.45, 7) is 0.674. The standard InChI is InChI=1S/C10H14ClNO/c1-13-6-5-10(12)8-3-2-4-9(11)7-8/h2-4,7,10H,5-6,12H2,1H3. The van der Waals surface area contributed by atoms with Crippen molar-refractivity contribution < 1.29 is 4.74 Å². The molecule has 0 aliphatic carbocycles. The molecule has 1 rings (SSSR count). The van der Waals surface area contributed by atoms with Gasteiger partial charge in [0.15, 0.2) is 0 Å². The molecule has 0 fully saturated rings. The summed E-state index contributed by atoms with van der Waals surface area (Å²) < 4.78 is 4.95. The molecular formula is C10H14ClNO. The van der Waals surface area contributed by atoms with Crippen molar-refractivity contribution in [2.75, 3.05) is 13.7 Å². The molecule has 0 aliphatic rings. The van der Waals surface area contributed by atoms with Gasteiger partial charge < -0.3 is 10.5 Å². The van der Waals surface area contributed by atoms with E-state index in [1.54, 1.807) is 7.11 Å². The van der Waals surface area contributed by atoms with Crippen LogP contribution in [0.2, 0.25) is 5.02 Å². The Morgan fingerprint density at radius 1 is 1.54 bits per heavy atom. The molecule has 13 heavy (non-hydrogen) atoms. The molecule has 0 aliphatic heterocycles. The van der Waals surface area contributed by atoms with Gasteiger partial charge >= 0.3 is 0 Å². The summed E-state index contributed by atoms with van der Waals surface area (Å²) in [7, 11) is 1.67. The highest BCUT2D eigenvalue weighted by atomic mass is 35.5. The summed E-state index contributed by atoms with van der Waals surface area (Å²) in [6.07, 6.45) is 0.816. The topological polar surface area (TPSA) is 35.2 Å². The first-order valence-corrected chi connectivity index (χ1v) is 4.62. The van der Waals surface area contributed by atoms with Crippen LogP contribution in [0.1, 0.15) is 18.0 Å². The molecule has 0 amide bonds. The third kappa shape index (κ3) is 3.35. The van der Waals surface area contributed by atoms with Gasteiger partial charge in [0, 0.05) is 24.8 Å². The predicted octanol–water partition coefficient (Wildman–Crippen LogP) is 2.38. The Morgan fingerprint density at radius 3 is 2.92 bits per heavy atom. The van der Waals surface area contributed by atoms with Gasteiger partial charge in [-0.25, -0.2) is 0 Å². The van der Waals surface area contributed by atoms with E-state index in [-0.39, 0.29) is 6.04 Å². The molecule has 72 valence electrons. The lowest BCUT2D eigenvalue weighted by atomic mass is 10.1. The smallest absolute Gasteiger partial charge is 0.0480 e. The van der Waals surface area contributed by atoms with Gasteiger partial charge in [0.2, 0.25) is 0 Å². The lowest BCUT2D eigenvalue weighted by Crippen LogP contribution is -2.12. The number of halogens is 1. The minimum Gasteiger partial charge on any atom is -0.385 e. The van der Waals surface area contributed by atoms with Gasteiger partial charge in [-0.2, -0.15) is 0 Å². The van der Waals surface area contributed by atoms with Crippen LogP contribution < -0.4 is 5.73 Å². The zero-order valence-electron chi connectivity index (χ0n) is 7.66. The maximum Gasteiger partial charge on any atom is 0.0480 e. The fourth-order valence-electron chi connectivity index (χ4n) is 1.15. The van der Waals surface area contributed by atoms with Gasteiger partial charge in [0.1, 0.15) is 0 Å². The van der Waals surface area contributed by atoms with E-state index < -0.39 is 0 Å². The van der Waals surface area contributed by atoms with E-state index in [4.69, 9.17) is 22.1 Å². The molecule has 0 saturated heterocycles. The number of hydrogen-bond donors (Lipinski definition) is 1. The molecule has 1 aromatic rings. The van der Waals surface area contributed by atoms with Crippen LogP contribution in [0, 0.1) is 0 Å². The monoisotopic (exact) mass is 199 g/mol. The van der Waals surface area contributed by atoms with Gasteiger partial charge in [-0.1, -0.05) is 23.7 Å². The first-order chi connectivity index (χ1) is 6.24. The summed E-state index contributed by atoms with van der Waals surface area (Å²) in [5, 5.41) is 0.727. The van der Waals surface area contributed by atoms with Crippen LogP contribution >= 0.6 is 11.6 Å². The molecule has 3 heteroatoms. The molecule has 0 aromatic heterocycles. The Morgan fingerprint density at radius 2 is 2.31 bits per heavy atom. The Hall–Kier alpha value is -0.570. The third-order valence-electron chi connectivity index (χ3n) is 1.91.